The standard InChI is InChI=1S/C13H19NO4/c1-17-10-6-7-12(18-2)11(9-10)14-8-4-3-5-13(15)16/h6-7,9,14H,3-5,8H2,1-2H3,(H,15,16). The van der Waals surface area contributed by atoms with Crippen molar-refractivity contribution in [2.45, 2.75) is 19.3 Å². The van der Waals surface area contributed by atoms with Gasteiger partial charge in [-0.3, -0.25) is 4.79 Å². The van der Waals surface area contributed by atoms with Gasteiger partial charge in [-0.2, -0.15) is 0 Å². The van der Waals surface area contributed by atoms with E-state index in [1.165, 1.54) is 0 Å². The van der Waals surface area contributed by atoms with E-state index in [1.807, 2.05) is 18.2 Å². The average molecular weight is 253 g/mol. The summed E-state index contributed by atoms with van der Waals surface area (Å²) in [6.45, 7) is 0.705. The number of hydrogen-bond acceptors (Lipinski definition) is 4. The molecule has 0 fully saturated rings. The van der Waals surface area contributed by atoms with Gasteiger partial charge in [-0.05, 0) is 25.0 Å². The number of carboxylic acid groups (broad SMARTS) is 1. The van der Waals surface area contributed by atoms with Crippen LogP contribution in [0.1, 0.15) is 19.3 Å². The molecule has 0 spiro atoms. The molecule has 0 saturated heterocycles. The van der Waals surface area contributed by atoms with Gasteiger partial charge in [0.15, 0.2) is 0 Å². The number of benzene rings is 1. The summed E-state index contributed by atoms with van der Waals surface area (Å²) in [4.78, 5) is 10.4. The average Bonchev–Trinajstić information content (AvgIpc) is 2.37. The summed E-state index contributed by atoms with van der Waals surface area (Å²) >= 11 is 0. The van der Waals surface area contributed by atoms with Crippen molar-refractivity contribution in [1.29, 1.82) is 0 Å². The van der Waals surface area contributed by atoms with E-state index >= 15 is 0 Å². The molecule has 0 aromatic heterocycles. The molecule has 2 N–H and O–H groups in total. The van der Waals surface area contributed by atoms with Crippen molar-refractivity contribution in [3.8, 4) is 11.5 Å². The SMILES string of the molecule is COc1ccc(OC)c(NCCCCC(=O)O)c1. The number of unbranched alkanes of at least 4 members (excludes halogenated alkanes) is 1. The number of aliphatic carboxylic acids is 1. The molecule has 0 saturated carbocycles. The molecule has 5 nitrogen and oxygen atoms in total. The van der Waals surface area contributed by atoms with Crippen LogP contribution in [0.4, 0.5) is 5.69 Å². The minimum Gasteiger partial charge on any atom is -0.497 e. The number of hydrogen-bond donors (Lipinski definition) is 2. The highest BCUT2D eigenvalue weighted by atomic mass is 16.5. The molecular formula is C13H19NO4. The lowest BCUT2D eigenvalue weighted by Gasteiger charge is -2.12. The summed E-state index contributed by atoms with van der Waals surface area (Å²) in [5.41, 5.74) is 0.854. The predicted octanol–water partition coefficient (Wildman–Crippen LogP) is 2.37. The van der Waals surface area contributed by atoms with Crippen molar-refractivity contribution < 1.29 is 19.4 Å². The molecule has 1 rings (SSSR count). The molecule has 18 heavy (non-hydrogen) atoms. The van der Waals surface area contributed by atoms with E-state index < -0.39 is 5.97 Å². The molecule has 1 aromatic carbocycles. The highest BCUT2D eigenvalue weighted by Gasteiger charge is 2.04. The summed E-state index contributed by atoms with van der Waals surface area (Å²) in [5, 5.41) is 11.7. The first kappa shape index (κ1) is 14.2. The Hall–Kier alpha value is -1.91. The number of rotatable bonds is 8. The van der Waals surface area contributed by atoms with Gasteiger partial charge < -0.3 is 19.9 Å². The number of methoxy groups -OCH3 is 2. The van der Waals surface area contributed by atoms with Crippen molar-refractivity contribution in [2.75, 3.05) is 26.1 Å². The van der Waals surface area contributed by atoms with E-state index in [1.54, 1.807) is 14.2 Å². The van der Waals surface area contributed by atoms with Crippen LogP contribution in [0.15, 0.2) is 18.2 Å². The van der Waals surface area contributed by atoms with Crippen LogP contribution in [0, 0.1) is 0 Å². The fourth-order valence-electron chi connectivity index (χ4n) is 1.58. The molecule has 1 aromatic rings. The molecule has 0 aliphatic heterocycles. The minimum absolute atomic E-state index is 0.205. The van der Waals surface area contributed by atoms with Gasteiger partial charge in [0.1, 0.15) is 11.5 Å². The van der Waals surface area contributed by atoms with Crippen molar-refractivity contribution in [3.05, 3.63) is 18.2 Å². The molecule has 100 valence electrons. The monoisotopic (exact) mass is 253 g/mol. The van der Waals surface area contributed by atoms with Gasteiger partial charge in [0.25, 0.3) is 0 Å². The Labute approximate surface area is 107 Å². The zero-order valence-electron chi connectivity index (χ0n) is 10.7. The Morgan fingerprint density at radius 2 is 2.06 bits per heavy atom. The fraction of sp³-hybridized carbons (Fsp3) is 0.462. The Morgan fingerprint density at radius 3 is 2.67 bits per heavy atom. The molecule has 0 heterocycles. The van der Waals surface area contributed by atoms with E-state index in [0.717, 1.165) is 23.6 Å². The summed E-state index contributed by atoms with van der Waals surface area (Å²) in [7, 11) is 3.22. The Balaban J connectivity index is 2.47. The fourth-order valence-corrected chi connectivity index (χ4v) is 1.58. The summed E-state index contributed by atoms with van der Waals surface area (Å²) in [6, 6.07) is 5.52. The van der Waals surface area contributed by atoms with Crippen LogP contribution >= 0.6 is 0 Å². The highest BCUT2D eigenvalue weighted by molar-refractivity contribution is 5.66. The Kier molecular flexibility index (Phi) is 5.84. The lowest BCUT2D eigenvalue weighted by Crippen LogP contribution is -2.04. The molecule has 0 atom stereocenters. The summed E-state index contributed by atoms with van der Waals surface area (Å²) < 4.78 is 10.4. The normalized spacial score (nSPS) is 9.89. The third-order valence-electron chi connectivity index (χ3n) is 2.54. The van der Waals surface area contributed by atoms with Gasteiger partial charge in [-0.25, -0.2) is 0 Å². The molecule has 5 heteroatoms. The van der Waals surface area contributed by atoms with Crippen molar-refractivity contribution in [2.24, 2.45) is 0 Å². The zero-order chi connectivity index (χ0) is 13.4. The van der Waals surface area contributed by atoms with Crippen LogP contribution < -0.4 is 14.8 Å². The third-order valence-corrected chi connectivity index (χ3v) is 2.54. The first-order valence-electron chi connectivity index (χ1n) is 5.85. The zero-order valence-corrected chi connectivity index (χ0v) is 10.7. The molecule has 0 aliphatic carbocycles. The van der Waals surface area contributed by atoms with E-state index in [2.05, 4.69) is 5.32 Å². The largest absolute Gasteiger partial charge is 0.497 e. The smallest absolute Gasteiger partial charge is 0.303 e. The number of anilines is 1. The maximum atomic E-state index is 10.4. The van der Waals surface area contributed by atoms with Gasteiger partial charge in [0.2, 0.25) is 0 Å². The lowest BCUT2D eigenvalue weighted by molar-refractivity contribution is -0.137. The van der Waals surface area contributed by atoms with E-state index in [9.17, 15) is 4.79 Å². The third kappa shape index (κ3) is 4.53. The number of ether oxygens (including phenoxy) is 2. The molecule has 0 amide bonds. The van der Waals surface area contributed by atoms with Gasteiger partial charge in [-0.1, -0.05) is 0 Å². The van der Waals surface area contributed by atoms with Gasteiger partial charge in [0, 0.05) is 19.0 Å². The van der Waals surface area contributed by atoms with Crippen LogP contribution in [-0.4, -0.2) is 31.8 Å². The van der Waals surface area contributed by atoms with Crippen molar-refractivity contribution in [1.82, 2.24) is 0 Å². The van der Waals surface area contributed by atoms with E-state index in [4.69, 9.17) is 14.6 Å². The first-order valence-corrected chi connectivity index (χ1v) is 5.85. The number of carboxylic acids is 1. The van der Waals surface area contributed by atoms with Crippen LogP contribution in [0.5, 0.6) is 11.5 Å². The maximum Gasteiger partial charge on any atom is 0.303 e. The Morgan fingerprint density at radius 1 is 1.28 bits per heavy atom. The molecule has 0 bridgehead atoms. The number of nitrogens with one attached hydrogen (secondary N) is 1. The van der Waals surface area contributed by atoms with Crippen LogP contribution in [0.2, 0.25) is 0 Å². The van der Waals surface area contributed by atoms with Gasteiger partial charge in [0.05, 0.1) is 19.9 Å². The quantitative estimate of drug-likeness (QED) is 0.696. The molecule has 0 radical (unpaired) electrons. The van der Waals surface area contributed by atoms with Crippen molar-refractivity contribution >= 4 is 11.7 Å². The van der Waals surface area contributed by atoms with E-state index in [0.29, 0.717) is 13.0 Å². The minimum atomic E-state index is -0.756. The van der Waals surface area contributed by atoms with E-state index in [-0.39, 0.29) is 6.42 Å². The summed E-state index contributed by atoms with van der Waals surface area (Å²) in [6.07, 6.45) is 1.66. The lowest BCUT2D eigenvalue weighted by atomic mass is 10.2. The van der Waals surface area contributed by atoms with Gasteiger partial charge >= 0.3 is 5.97 Å². The predicted molar refractivity (Wildman–Crippen MR) is 69.5 cm³/mol. The second-order valence-corrected chi connectivity index (χ2v) is 3.84. The first-order chi connectivity index (χ1) is 8.67. The Bertz CT molecular complexity index is 393. The summed E-state index contributed by atoms with van der Waals surface area (Å²) in [5.74, 6) is 0.742. The van der Waals surface area contributed by atoms with Crippen molar-refractivity contribution in [3.63, 3.8) is 0 Å². The highest BCUT2D eigenvalue weighted by Crippen LogP contribution is 2.28. The second kappa shape index (κ2) is 7.42. The topological polar surface area (TPSA) is 67.8 Å². The van der Waals surface area contributed by atoms with Gasteiger partial charge in [-0.15, -0.1) is 0 Å². The number of carbonyl (C=O) groups is 1. The second-order valence-electron chi connectivity index (χ2n) is 3.84. The van der Waals surface area contributed by atoms with Crippen LogP contribution in [0.25, 0.3) is 0 Å². The molecule has 0 aliphatic rings. The molecule has 0 unspecified atom stereocenters. The van der Waals surface area contributed by atoms with Crippen LogP contribution in [-0.2, 0) is 4.79 Å². The van der Waals surface area contributed by atoms with Crippen LogP contribution in [0.3, 0.4) is 0 Å². The molecular weight excluding hydrogens is 234 g/mol. The maximum absolute atomic E-state index is 10.4.